The standard InChI is InChI=1S/C14H31N/c1-5-6-7-8-9-10-11-13(15)12-14(2,3)4/h13H,5-12,15H2,1-4H3. The second-order valence-corrected chi connectivity index (χ2v) is 6.08. The highest BCUT2D eigenvalue weighted by Crippen LogP contribution is 2.22. The van der Waals surface area contributed by atoms with Crippen LogP contribution in [0.4, 0.5) is 0 Å². The van der Waals surface area contributed by atoms with E-state index in [-0.39, 0.29) is 0 Å². The average Bonchev–Trinajstić information content (AvgIpc) is 2.08. The summed E-state index contributed by atoms with van der Waals surface area (Å²) in [5.74, 6) is 0. The summed E-state index contributed by atoms with van der Waals surface area (Å²) in [6, 6.07) is 0.413. The number of nitrogens with two attached hydrogens (primary N) is 1. The van der Waals surface area contributed by atoms with Crippen molar-refractivity contribution in [2.45, 2.75) is 85.1 Å². The third kappa shape index (κ3) is 11.9. The van der Waals surface area contributed by atoms with Crippen LogP contribution in [0.15, 0.2) is 0 Å². The molecule has 0 aromatic heterocycles. The molecule has 0 saturated heterocycles. The van der Waals surface area contributed by atoms with E-state index in [2.05, 4.69) is 27.7 Å². The predicted octanol–water partition coefficient (Wildman–Crippen LogP) is 4.50. The van der Waals surface area contributed by atoms with Gasteiger partial charge in [-0.05, 0) is 18.3 Å². The van der Waals surface area contributed by atoms with E-state index in [1.54, 1.807) is 0 Å². The lowest BCUT2D eigenvalue weighted by Gasteiger charge is -2.23. The smallest absolute Gasteiger partial charge is 0.00438 e. The van der Waals surface area contributed by atoms with Gasteiger partial charge < -0.3 is 5.73 Å². The number of unbranched alkanes of at least 4 members (excludes halogenated alkanes) is 5. The first-order chi connectivity index (χ1) is 6.95. The zero-order valence-electron chi connectivity index (χ0n) is 11.3. The Balaban J connectivity index is 3.28. The lowest BCUT2D eigenvalue weighted by molar-refractivity contribution is 0.326. The summed E-state index contributed by atoms with van der Waals surface area (Å²) < 4.78 is 0. The highest BCUT2D eigenvalue weighted by atomic mass is 14.6. The van der Waals surface area contributed by atoms with Gasteiger partial charge in [0.1, 0.15) is 0 Å². The van der Waals surface area contributed by atoms with Gasteiger partial charge in [-0.25, -0.2) is 0 Å². The summed E-state index contributed by atoms with van der Waals surface area (Å²) in [5, 5.41) is 0. The Labute approximate surface area is 96.8 Å². The maximum absolute atomic E-state index is 6.10. The summed E-state index contributed by atoms with van der Waals surface area (Å²) in [6.07, 6.45) is 10.6. The molecule has 0 aliphatic carbocycles. The van der Waals surface area contributed by atoms with E-state index in [0.29, 0.717) is 11.5 Å². The Morgan fingerprint density at radius 3 is 2.00 bits per heavy atom. The molecule has 15 heavy (non-hydrogen) atoms. The molecule has 2 N–H and O–H groups in total. The molecule has 0 amide bonds. The van der Waals surface area contributed by atoms with Gasteiger partial charge in [-0.15, -0.1) is 0 Å². The molecule has 0 aliphatic heterocycles. The zero-order valence-corrected chi connectivity index (χ0v) is 11.3. The highest BCUT2D eigenvalue weighted by molar-refractivity contribution is 4.71. The van der Waals surface area contributed by atoms with E-state index in [0.717, 1.165) is 6.42 Å². The van der Waals surface area contributed by atoms with Crippen LogP contribution in [0, 0.1) is 5.41 Å². The maximum atomic E-state index is 6.10. The van der Waals surface area contributed by atoms with Crippen LogP contribution < -0.4 is 5.73 Å². The van der Waals surface area contributed by atoms with Crippen LogP contribution >= 0.6 is 0 Å². The van der Waals surface area contributed by atoms with E-state index in [9.17, 15) is 0 Å². The van der Waals surface area contributed by atoms with Gasteiger partial charge in [-0.2, -0.15) is 0 Å². The maximum Gasteiger partial charge on any atom is 0.00438 e. The summed E-state index contributed by atoms with van der Waals surface area (Å²) in [5.41, 5.74) is 6.49. The molecule has 0 saturated carbocycles. The van der Waals surface area contributed by atoms with Gasteiger partial charge in [0, 0.05) is 6.04 Å². The van der Waals surface area contributed by atoms with Crippen molar-refractivity contribution in [2.24, 2.45) is 11.1 Å². The topological polar surface area (TPSA) is 26.0 Å². The lowest BCUT2D eigenvalue weighted by atomic mass is 9.86. The quantitative estimate of drug-likeness (QED) is 0.590. The fourth-order valence-electron chi connectivity index (χ4n) is 2.08. The van der Waals surface area contributed by atoms with Crippen molar-refractivity contribution in [3.8, 4) is 0 Å². The molecule has 1 nitrogen and oxygen atoms in total. The van der Waals surface area contributed by atoms with E-state index in [4.69, 9.17) is 5.73 Å². The molecular weight excluding hydrogens is 182 g/mol. The molecule has 0 bridgehead atoms. The van der Waals surface area contributed by atoms with Crippen molar-refractivity contribution in [1.29, 1.82) is 0 Å². The molecular formula is C14H31N. The van der Waals surface area contributed by atoms with Crippen molar-refractivity contribution in [3.63, 3.8) is 0 Å². The second kappa shape index (κ2) is 8.15. The fourth-order valence-corrected chi connectivity index (χ4v) is 2.08. The second-order valence-electron chi connectivity index (χ2n) is 6.08. The Hall–Kier alpha value is -0.0400. The molecule has 0 aromatic carbocycles. The predicted molar refractivity (Wildman–Crippen MR) is 70.0 cm³/mol. The van der Waals surface area contributed by atoms with Crippen LogP contribution in [-0.2, 0) is 0 Å². The normalized spacial score (nSPS) is 14.2. The number of rotatable bonds is 8. The van der Waals surface area contributed by atoms with Gasteiger partial charge >= 0.3 is 0 Å². The largest absolute Gasteiger partial charge is 0.328 e. The van der Waals surface area contributed by atoms with Gasteiger partial charge in [-0.1, -0.05) is 66.2 Å². The van der Waals surface area contributed by atoms with Gasteiger partial charge in [0.2, 0.25) is 0 Å². The number of hydrogen-bond acceptors (Lipinski definition) is 1. The summed E-state index contributed by atoms with van der Waals surface area (Å²) in [6.45, 7) is 9.08. The van der Waals surface area contributed by atoms with E-state index in [1.165, 1.54) is 44.9 Å². The van der Waals surface area contributed by atoms with Crippen molar-refractivity contribution in [1.82, 2.24) is 0 Å². The van der Waals surface area contributed by atoms with Gasteiger partial charge in [0.05, 0.1) is 0 Å². The minimum Gasteiger partial charge on any atom is -0.328 e. The minimum absolute atomic E-state index is 0.391. The van der Waals surface area contributed by atoms with E-state index in [1.807, 2.05) is 0 Å². The summed E-state index contributed by atoms with van der Waals surface area (Å²) >= 11 is 0. The molecule has 0 aromatic rings. The first kappa shape index (κ1) is 15.0. The Kier molecular flexibility index (Phi) is 8.13. The van der Waals surface area contributed by atoms with Gasteiger partial charge in [0.15, 0.2) is 0 Å². The lowest BCUT2D eigenvalue weighted by Crippen LogP contribution is -2.26. The SMILES string of the molecule is CCCCCCCCC(N)CC(C)(C)C. The molecule has 92 valence electrons. The first-order valence-electron chi connectivity index (χ1n) is 6.71. The Morgan fingerprint density at radius 1 is 0.933 bits per heavy atom. The van der Waals surface area contributed by atoms with Crippen molar-refractivity contribution < 1.29 is 0 Å². The molecule has 0 fully saturated rings. The van der Waals surface area contributed by atoms with Gasteiger partial charge in [0.25, 0.3) is 0 Å². The van der Waals surface area contributed by atoms with Crippen LogP contribution in [0.25, 0.3) is 0 Å². The van der Waals surface area contributed by atoms with E-state index >= 15 is 0 Å². The average molecular weight is 213 g/mol. The third-order valence-electron chi connectivity index (χ3n) is 2.80. The minimum atomic E-state index is 0.391. The zero-order chi connectivity index (χ0) is 11.7. The van der Waals surface area contributed by atoms with E-state index < -0.39 is 0 Å². The molecule has 0 aliphatic rings. The summed E-state index contributed by atoms with van der Waals surface area (Å²) in [7, 11) is 0. The molecule has 0 heterocycles. The molecule has 1 heteroatoms. The van der Waals surface area contributed by atoms with Crippen LogP contribution in [0.1, 0.15) is 79.1 Å². The first-order valence-corrected chi connectivity index (χ1v) is 6.71. The van der Waals surface area contributed by atoms with Crippen LogP contribution in [0.5, 0.6) is 0 Å². The Bertz CT molecular complexity index is 135. The third-order valence-corrected chi connectivity index (χ3v) is 2.80. The monoisotopic (exact) mass is 213 g/mol. The molecule has 1 unspecified atom stereocenters. The molecule has 1 atom stereocenters. The summed E-state index contributed by atoms with van der Waals surface area (Å²) in [4.78, 5) is 0. The Morgan fingerprint density at radius 2 is 1.47 bits per heavy atom. The highest BCUT2D eigenvalue weighted by Gasteiger charge is 2.14. The van der Waals surface area contributed by atoms with Crippen LogP contribution in [-0.4, -0.2) is 6.04 Å². The molecule has 0 spiro atoms. The van der Waals surface area contributed by atoms with Crippen molar-refractivity contribution in [3.05, 3.63) is 0 Å². The molecule has 0 rings (SSSR count). The fraction of sp³-hybridized carbons (Fsp3) is 1.00. The molecule has 0 radical (unpaired) electrons. The van der Waals surface area contributed by atoms with Crippen LogP contribution in [0.3, 0.4) is 0 Å². The van der Waals surface area contributed by atoms with Gasteiger partial charge in [-0.3, -0.25) is 0 Å². The van der Waals surface area contributed by atoms with Crippen molar-refractivity contribution in [2.75, 3.05) is 0 Å². The van der Waals surface area contributed by atoms with Crippen LogP contribution in [0.2, 0.25) is 0 Å². The van der Waals surface area contributed by atoms with Crippen molar-refractivity contribution >= 4 is 0 Å². The number of hydrogen-bond donors (Lipinski definition) is 1.